The second-order valence-electron chi connectivity index (χ2n) is 17.3. The Morgan fingerprint density at radius 2 is 1.60 bits per heavy atom. The number of hydrogen-bond donors (Lipinski definition) is 3. The van der Waals surface area contributed by atoms with Crippen LogP contribution in [-0.2, 0) is 30.4 Å². The molecule has 14 heteroatoms. The van der Waals surface area contributed by atoms with Crippen LogP contribution < -0.4 is 15.4 Å². The SMILES string of the molecule is CC(C)(C)C(NC(=O)COCCOCCN1CCC(c2ccc(Oc3c(-c4ccc(F)cc4)sc4cc(O)ccc34)cc2)CC1)C(=O)N1CCC[C@H]1C(=O)NCc1ccc(Cl)cc1. The maximum Gasteiger partial charge on any atom is 0.246 e. The molecule has 11 nitrogen and oxygen atoms in total. The van der Waals surface area contributed by atoms with Crippen molar-refractivity contribution in [3.8, 4) is 27.7 Å². The molecule has 2 saturated heterocycles. The Hall–Kier alpha value is -5.05. The van der Waals surface area contributed by atoms with Gasteiger partial charge in [-0.15, -0.1) is 11.3 Å². The molecule has 1 aromatic heterocycles. The number of ether oxygens (including phenoxy) is 3. The van der Waals surface area contributed by atoms with Gasteiger partial charge in [0.15, 0.2) is 5.75 Å². The first kappa shape index (κ1) is 46.0. The summed E-state index contributed by atoms with van der Waals surface area (Å²) in [5.41, 5.74) is 2.43. The zero-order chi connectivity index (χ0) is 44.5. The summed E-state index contributed by atoms with van der Waals surface area (Å²) in [6.07, 6.45) is 3.32. The van der Waals surface area contributed by atoms with E-state index in [1.807, 2.05) is 51.1 Å². The van der Waals surface area contributed by atoms with E-state index >= 15 is 0 Å². The van der Waals surface area contributed by atoms with E-state index < -0.39 is 23.4 Å². The summed E-state index contributed by atoms with van der Waals surface area (Å²) in [4.78, 5) is 44.8. The number of phenolic OH excluding ortho intramolecular Hbond substituents is 1. The number of aromatic hydroxyl groups is 1. The van der Waals surface area contributed by atoms with Gasteiger partial charge < -0.3 is 39.8 Å². The number of carbonyl (C=O) groups is 3. The van der Waals surface area contributed by atoms with Gasteiger partial charge in [-0.2, -0.15) is 0 Å². The second kappa shape index (κ2) is 21.1. The molecule has 0 radical (unpaired) electrons. The van der Waals surface area contributed by atoms with Crippen LogP contribution in [0.4, 0.5) is 4.39 Å². The number of rotatable bonds is 17. The molecule has 3 amide bonds. The fourth-order valence-electron chi connectivity index (χ4n) is 8.18. The Morgan fingerprint density at radius 1 is 0.889 bits per heavy atom. The van der Waals surface area contributed by atoms with Crippen molar-refractivity contribution in [2.75, 3.05) is 52.6 Å². The number of carbonyl (C=O) groups excluding carboxylic acids is 3. The summed E-state index contributed by atoms with van der Waals surface area (Å²) in [6.45, 7) is 10.1. The zero-order valence-corrected chi connectivity index (χ0v) is 37.6. The molecule has 5 aromatic rings. The molecule has 0 spiro atoms. The quantitative estimate of drug-likeness (QED) is 0.0790. The van der Waals surface area contributed by atoms with Crippen LogP contribution in [0.25, 0.3) is 20.5 Å². The lowest BCUT2D eigenvalue weighted by molar-refractivity contribution is -0.144. The van der Waals surface area contributed by atoms with Gasteiger partial charge in [0.05, 0.1) is 24.7 Å². The first-order valence-electron chi connectivity index (χ1n) is 21.6. The average molecular weight is 900 g/mol. The number of amides is 3. The Morgan fingerprint density at radius 3 is 2.32 bits per heavy atom. The van der Waals surface area contributed by atoms with E-state index in [1.165, 1.54) is 29.0 Å². The first-order chi connectivity index (χ1) is 30.3. The molecule has 2 fully saturated rings. The van der Waals surface area contributed by atoms with Crippen molar-refractivity contribution in [3.63, 3.8) is 0 Å². The van der Waals surface area contributed by atoms with Gasteiger partial charge in [-0.1, -0.05) is 68.8 Å². The van der Waals surface area contributed by atoms with Crippen molar-refractivity contribution in [3.05, 3.63) is 113 Å². The summed E-state index contributed by atoms with van der Waals surface area (Å²) >= 11 is 7.48. The summed E-state index contributed by atoms with van der Waals surface area (Å²) in [7, 11) is 0. The molecule has 0 aliphatic carbocycles. The molecular weight excluding hydrogens is 843 g/mol. The van der Waals surface area contributed by atoms with Crippen molar-refractivity contribution in [2.45, 2.75) is 71.0 Å². The molecular formula is C49H56ClFN4O7S. The maximum atomic E-state index is 13.8. The lowest BCUT2D eigenvalue weighted by Crippen LogP contribution is -2.58. The van der Waals surface area contributed by atoms with Crippen molar-refractivity contribution >= 4 is 50.7 Å². The second-order valence-corrected chi connectivity index (χ2v) is 18.8. The highest BCUT2D eigenvalue weighted by Gasteiger charge is 2.41. The van der Waals surface area contributed by atoms with E-state index in [1.54, 1.807) is 41.3 Å². The van der Waals surface area contributed by atoms with Gasteiger partial charge in [-0.25, -0.2) is 4.39 Å². The van der Waals surface area contributed by atoms with Gasteiger partial charge in [-0.05, 0) is 121 Å². The summed E-state index contributed by atoms with van der Waals surface area (Å²) in [6, 6.07) is 25.6. The molecule has 3 N–H and O–H groups in total. The Bertz CT molecular complexity index is 2330. The molecule has 63 heavy (non-hydrogen) atoms. The largest absolute Gasteiger partial charge is 0.508 e. The average Bonchev–Trinajstić information content (AvgIpc) is 3.90. The number of phenols is 1. The number of halogens is 2. The van der Waals surface area contributed by atoms with Gasteiger partial charge in [0.2, 0.25) is 17.7 Å². The molecule has 334 valence electrons. The minimum Gasteiger partial charge on any atom is -0.508 e. The van der Waals surface area contributed by atoms with Crippen LogP contribution in [0.15, 0.2) is 91.0 Å². The standard InChI is InChI=1S/C49H56ClFN4O7S/c1-49(2,3)46(48(59)55-22-4-5-41(55)47(58)52-30-32-6-12-36(50)13-7-32)53-43(57)31-61-28-27-60-26-25-54-23-20-34(21-24-54)33-10-17-39(18-11-33)62-44-40-19-16-38(56)29-42(40)63-45(44)35-8-14-37(51)15-9-35/h6-19,29,34,41,46,56H,4-5,20-28,30-31H2,1-3H3,(H,52,58)(H,53,57)/t41-,46?/m0/s1. The Kier molecular flexibility index (Phi) is 15.4. The number of likely N-dealkylation sites (tertiary alicyclic amines) is 2. The number of fused-ring (bicyclic) bond motifs is 1. The number of nitrogens with zero attached hydrogens (tertiary/aromatic N) is 2. The normalized spacial score (nSPS) is 16.6. The van der Waals surface area contributed by atoms with E-state index in [0.29, 0.717) is 61.6 Å². The Balaban J connectivity index is 0.797. The summed E-state index contributed by atoms with van der Waals surface area (Å²) < 4.78 is 32.5. The molecule has 2 aliphatic heterocycles. The highest BCUT2D eigenvalue weighted by atomic mass is 35.5. The van der Waals surface area contributed by atoms with E-state index in [9.17, 15) is 23.9 Å². The highest BCUT2D eigenvalue weighted by molar-refractivity contribution is 7.22. The van der Waals surface area contributed by atoms with E-state index in [0.717, 1.165) is 58.6 Å². The monoisotopic (exact) mass is 898 g/mol. The lowest BCUT2D eigenvalue weighted by Gasteiger charge is -2.35. The van der Waals surface area contributed by atoms with Crippen molar-refractivity contribution in [1.82, 2.24) is 20.4 Å². The summed E-state index contributed by atoms with van der Waals surface area (Å²) in [5.74, 6) is 0.811. The third-order valence-corrected chi connectivity index (χ3v) is 13.1. The zero-order valence-electron chi connectivity index (χ0n) is 36.0. The maximum absolute atomic E-state index is 13.8. The smallest absolute Gasteiger partial charge is 0.246 e. The van der Waals surface area contributed by atoms with Crippen molar-refractivity contribution in [1.29, 1.82) is 0 Å². The predicted octanol–water partition coefficient (Wildman–Crippen LogP) is 8.91. The topological polar surface area (TPSA) is 130 Å². The predicted molar refractivity (Wildman–Crippen MR) is 245 cm³/mol. The lowest BCUT2D eigenvalue weighted by atomic mass is 9.85. The van der Waals surface area contributed by atoms with Crippen LogP contribution in [0.5, 0.6) is 17.2 Å². The van der Waals surface area contributed by atoms with E-state index in [4.69, 9.17) is 25.8 Å². The number of benzene rings is 4. The first-order valence-corrected chi connectivity index (χ1v) is 22.8. The number of hydrogen-bond acceptors (Lipinski definition) is 9. The van der Waals surface area contributed by atoms with Gasteiger partial charge in [0.25, 0.3) is 0 Å². The molecule has 2 aliphatic rings. The van der Waals surface area contributed by atoms with Crippen LogP contribution in [0, 0.1) is 11.2 Å². The number of piperidine rings is 1. The Labute approximate surface area is 377 Å². The van der Waals surface area contributed by atoms with Gasteiger partial charge >= 0.3 is 0 Å². The molecule has 4 aromatic carbocycles. The molecule has 7 rings (SSSR count). The van der Waals surface area contributed by atoms with Crippen molar-refractivity contribution in [2.24, 2.45) is 5.41 Å². The van der Waals surface area contributed by atoms with Gasteiger partial charge in [0, 0.05) is 34.7 Å². The van der Waals surface area contributed by atoms with E-state index in [2.05, 4.69) is 27.7 Å². The molecule has 3 heterocycles. The van der Waals surface area contributed by atoms with Gasteiger partial charge in [-0.3, -0.25) is 14.4 Å². The van der Waals surface area contributed by atoms with E-state index in [-0.39, 0.29) is 36.6 Å². The van der Waals surface area contributed by atoms with Gasteiger partial charge in [0.1, 0.15) is 36.0 Å². The minimum absolute atomic E-state index is 0.180. The van der Waals surface area contributed by atoms with Crippen molar-refractivity contribution < 1.29 is 38.1 Å². The van der Waals surface area contributed by atoms with Crippen LogP contribution >= 0.6 is 22.9 Å². The van der Waals surface area contributed by atoms with Crippen LogP contribution in [0.2, 0.25) is 5.02 Å². The fraction of sp³-hybridized carbons (Fsp3) is 0.408. The molecule has 2 atom stereocenters. The highest BCUT2D eigenvalue weighted by Crippen LogP contribution is 2.47. The number of nitrogens with one attached hydrogen (secondary N) is 2. The minimum atomic E-state index is -0.828. The third-order valence-electron chi connectivity index (χ3n) is 11.7. The molecule has 0 bridgehead atoms. The van der Waals surface area contributed by atoms with Crippen LogP contribution in [0.1, 0.15) is 63.5 Å². The van der Waals surface area contributed by atoms with Crippen LogP contribution in [0.3, 0.4) is 0 Å². The summed E-state index contributed by atoms with van der Waals surface area (Å²) in [5, 5.41) is 17.4. The molecule has 1 unspecified atom stereocenters. The third kappa shape index (κ3) is 12.2. The fourth-order valence-corrected chi connectivity index (χ4v) is 9.47. The van der Waals surface area contributed by atoms with Crippen LogP contribution in [-0.4, -0.2) is 97.3 Å². The number of thiophene rings is 1. The molecule has 0 saturated carbocycles.